The van der Waals surface area contributed by atoms with Gasteiger partial charge in [0.2, 0.25) is 0 Å². The fourth-order valence-electron chi connectivity index (χ4n) is 3.86. The molecule has 35 heavy (non-hydrogen) atoms. The standard InChI is InChI=1S/C26H21Cl2F3N2O2/c27-21-13-12-20(15-22(21)28)25(26(29,30)31)16-23(33-35-25)18-8-10-19(11-9-18)24(34)32-14-4-7-17-5-2-1-3-6-17/h1-3,5-6,8-13,15H,4,7,14,16H2,(H,32,34). The molecule has 1 unspecified atom stereocenters. The first-order chi connectivity index (χ1) is 16.7. The van der Waals surface area contributed by atoms with Crippen molar-refractivity contribution >= 4 is 34.8 Å². The number of alkyl halides is 3. The van der Waals surface area contributed by atoms with Crippen LogP contribution in [0.15, 0.2) is 78.0 Å². The molecule has 4 nitrogen and oxygen atoms in total. The highest BCUT2D eigenvalue weighted by atomic mass is 35.5. The minimum absolute atomic E-state index is 0.0102. The molecule has 1 aliphatic heterocycles. The zero-order valence-corrected chi connectivity index (χ0v) is 19.9. The number of oxime groups is 1. The van der Waals surface area contributed by atoms with Gasteiger partial charge in [-0.05, 0) is 48.2 Å². The topological polar surface area (TPSA) is 50.7 Å². The Labute approximate surface area is 210 Å². The zero-order chi connectivity index (χ0) is 25.1. The van der Waals surface area contributed by atoms with E-state index < -0.39 is 18.2 Å². The highest BCUT2D eigenvalue weighted by Gasteiger charge is 2.62. The molecule has 3 aromatic carbocycles. The second-order valence-electron chi connectivity index (χ2n) is 8.18. The van der Waals surface area contributed by atoms with Gasteiger partial charge in [-0.3, -0.25) is 4.79 Å². The van der Waals surface area contributed by atoms with Crippen molar-refractivity contribution in [3.05, 3.63) is 105 Å². The molecule has 1 amide bonds. The molecule has 0 radical (unpaired) electrons. The van der Waals surface area contributed by atoms with E-state index in [2.05, 4.69) is 10.5 Å². The quantitative estimate of drug-likeness (QED) is 0.343. The van der Waals surface area contributed by atoms with Crippen molar-refractivity contribution in [2.45, 2.75) is 31.0 Å². The minimum Gasteiger partial charge on any atom is -0.374 e. The molecule has 3 aromatic rings. The highest BCUT2D eigenvalue weighted by molar-refractivity contribution is 6.42. The zero-order valence-electron chi connectivity index (χ0n) is 18.4. The largest absolute Gasteiger partial charge is 0.435 e. The maximum Gasteiger partial charge on any atom is 0.435 e. The van der Waals surface area contributed by atoms with E-state index in [1.54, 1.807) is 24.3 Å². The maximum atomic E-state index is 14.1. The van der Waals surface area contributed by atoms with Gasteiger partial charge in [0, 0.05) is 24.1 Å². The van der Waals surface area contributed by atoms with Gasteiger partial charge in [-0.15, -0.1) is 0 Å². The molecule has 0 aliphatic carbocycles. The van der Waals surface area contributed by atoms with Gasteiger partial charge >= 0.3 is 6.18 Å². The maximum absolute atomic E-state index is 14.1. The van der Waals surface area contributed by atoms with Crippen molar-refractivity contribution < 1.29 is 22.8 Å². The summed E-state index contributed by atoms with van der Waals surface area (Å²) in [6.07, 6.45) is -3.66. The Morgan fingerprint density at radius 3 is 2.37 bits per heavy atom. The van der Waals surface area contributed by atoms with Crippen LogP contribution in [0.1, 0.15) is 39.9 Å². The molecular weight excluding hydrogens is 500 g/mol. The Morgan fingerprint density at radius 1 is 1.00 bits per heavy atom. The van der Waals surface area contributed by atoms with E-state index in [0.29, 0.717) is 17.7 Å². The first-order valence-corrected chi connectivity index (χ1v) is 11.6. The lowest BCUT2D eigenvalue weighted by Gasteiger charge is -2.29. The van der Waals surface area contributed by atoms with E-state index >= 15 is 0 Å². The van der Waals surface area contributed by atoms with Crippen LogP contribution < -0.4 is 5.32 Å². The number of carbonyl (C=O) groups excluding carboxylic acids is 1. The second-order valence-corrected chi connectivity index (χ2v) is 9.00. The van der Waals surface area contributed by atoms with Crippen LogP contribution in [0.2, 0.25) is 10.0 Å². The fraction of sp³-hybridized carbons (Fsp3) is 0.231. The van der Waals surface area contributed by atoms with Crippen molar-refractivity contribution in [3.8, 4) is 0 Å². The molecule has 1 N–H and O–H groups in total. The predicted molar refractivity (Wildman–Crippen MR) is 130 cm³/mol. The van der Waals surface area contributed by atoms with Gasteiger partial charge in [0.1, 0.15) is 0 Å². The van der Waals surface area contributed by atoms with Crippen molar-refractivity contribution in [3.63, 3.8) is 0 Å². The van der Waals surface area contributed by atoms with Gasteiger partial charge in [0.15, 0.2) is 0 Å². The Kier molecular flexibility index (Phi) is 7.38. The van der Waals surface area contributed by atoms with Gasteiger partial charge < -0.3 is 10.2 Å². The van der Waals surface area contributed by atoms with E-state index in [4.69, 9.17) is 28.0 Å². The van der Waals surface area contributed by atoms with Crippen molar-refractivity contribution in [1.29, 1.82) is 0 Å². The Hall–Kier alpha value is -3.03. The first-order valence-electron chi connectivity index (χ1n) is 10.9. The van der Waals surface area contributed by atoms with Crippen LogP contribution in [0.5, 0.6) is 0 Å². The van der Waals surface area contributed by atoms with Gasteiger partial charge in [0.25, 0.3) is 11.5 Å². The number of benzene rings is 3. The van der Waals surface area contributed by atoms with Crippen molar-refractivity contribution in [2.24, 2.45) is 5.16 Å². The van der Waals surface area contributed by atoms with Gasteiger partial charge in [-0.25, -0.2) is 0 Å². The molecule has 1 atom stereocenters. The molecule has 4 rings (SSSR count). The summed E-state index contributed by atoms with van der Waals surface area (Å²) in [6.45, 7) is 0.508. The van der Waals surface area contributed by atoms with Crippen LogP contribution >= 0.6 is 23.2 Å². The molecule has 0 spiro atoms. The first kappa shape index (κ1) is 25.1. The molecular formula is C26H21Cl2F3N2O2. The average Bonchev–Trinajstić information content (AvgIpc) is 3.31. The van der Waals surface area contributed by atoms with E-state index in [1.807, 2.05) is 30.3 Å². The highest BCUT2D eigenvalue weighted by Crippen LogP contribution is 2.49. The lowest BCUT2D eigenvalue weighted by atomic mass is 9.86. The monoisotopic (exact) mass is 520 g/mol. The molecule has 1 aliphatic rings. The normalized spacial score (nSPS) is 17.6. The number of hydrogen-bond acceptors (Lipinski definition) is 3. The van der Waals surface area contributed by atoms with Crippen LogP contribution in [0.4, 0.5) is 13.2 Å². The summed E-state index contributed by atoms with van der Waals surface area (Å²) in [5.41, 5.74) is -0.726. The lowest BCUT2D eigenvalue weighted by Crippen LogP contribution is -2.42. The second kappa shape index (κ2) is 10.3. The smallest absolute Gasteiger partial charge is 0.374 e. The van der Waals surface area contributed by atoms with Crippen molar-refractivity contribution in [2.75, 3.05) is 6.54 Å². The van der Waals surface area contributed by atoms with E-state index in [-0.39, 0.29) is 27.2 Å². The van der Waals surface area contributed by atoms with Gasteiger partial charge in [0.05, 0.1) is 15.8 Å². The lowest BCUT2D eigenvalue weighted by molar-refractivity contribution is -0.275. The van der Waals surface area contributed by atoms with E-state index in [1.165, 1.54) is 17.7 Å². The number of aryl methyl sites for hydroxylation is 1. The Morgan fingerprint density at radius 2 is 1.71 bits per heavy atom. The molecule has 182 valence electrons. The number of halogens is 5. The summed E-state index contributed by atoms with van der Waals surface area (Å²) < 4.78 is 42.4. The Bertz CT molecular complexity index is 1230. The van der Waals surface area contributed by atoms with Crippen LogP contribution in [0.25, 0.3) is 0 Å². The van der Waals surface area contributed by atoms with Gasteiger partial charge in [-0.1, -0.05) is 76.9 Å². The van der Waals surface area contributed by atoms with Crippen LogP contribution in [-0.2, 0) is 16.9 Å². The number of hydrogen-bond donors (Lipinski definition) is 1. The van der Waals surface area contributed by atoms with Gasteiger partial charge in [-0.2, -0.15) is 13.2 Å². The Balaban J connectivity index is 1.40. The van der Waals surface area contributed by atoms with Crippen LogP contribution in [0.3, 0.4) is 0 Å². The predicted octanol–water partition coefficient (Wildman–Crippen LogP) is 6.94. The minimum atomic E-state index is -4.75. The molecule has 0 bridgehead atoms. The van der Waals surface area contributed by atoms with Crippen molar-refractivity contribution in [1.82, 2.24) is 5.32 Å². The summed E-state index contributed by atoms with van der Waals surface area (Å²) in [4.78, 5) is 17.4. The third kappa shape index (κ3) is 5.46. The summed E-state index contributed by atoms with van der Waals surface area (Å²) >= 11 is 11.8. The molecule has 1 heterocycles. The summed E-state index contributed by atoms with van der Waals surface area (Å²) in [7, 11) is 0. The number of rotatable bonds is 7. The fourth-order valence-corrected chi connectivity index (χ4v) is 4.16. The van der Waals surface area contributed by atoms with Crippen LogP contribution in [0, 0.1) is 0 Å². The summed E-state index contributed by atoms with van der Waals surface area (Å²) in [6, 6.07) is 19.8. The SMILES string of the molecule is O=C(NCCCc1ccccc1)c1ccc(C2=NOC(c3ccc(Cl)c(Cl)c3)(C(F)(F)F)C2)cc1. The number of nitrogens with one attached hydrogen (secondary N) is 1. The molecule has 0 fully saturated rings. The van der Waals surface area contributed by atoms with Crippen LogP contribution in [-0.4, -0.2) is 24.3 Å². The number of amides is 1. The average molecular weight is 521 g/mol. The number of nitrogens with zero attached hydrogens (tertiary/aromatic N) is 1. The molecule has 0 saturated heterocycles. The molecule has 9 heteroatoms. The third-order valence-corrected chi connectivity index (χ3v) is 6.56. The molecule has 0 aromatic heterocycles. The third-order valence-electron chi connectivity index (χ3n) is 5.82. The van der Waals surface area contributed by atoms with E-state index in [9.17, 15) is 18.0 Å². The summed E-state index contributed by atoms with van der Waals surface area (Å²) in [5, 5.41) is 6.72. The summed E-state index contributed by atoms with van der Waals surface area (Å²) in [5.74, 6) is -0.255. The van der Waals surface area contributed by atoms with E-state index in [0.717, 1.165) is 18.9 Å². The number of carbonyl (C=O) groups is 1. The molecule has 0 saturated carbocycles.